The van der Waals surface area contributed by atoms with Crippen LogP contribution in [0.15, 0.2) is 35.6 Å². The number of halogens is 2. The number of aromatic amines is 1. The van der Waals surface area contributed by atoms with Crippen molar-refractivity contribution < 1.29 is 14.3 Å². The number of aromatic nitrogens is 3. The molecular formula is C21H25ClFN7O2. The number of morpholine rings is 1. The van der Waals surface area contributed by atoms with Crippen molar-refractivity contribution in [2.24, 2.45) is 5.16 Å². The summed E-state index contributed by atoms with van der Waals surface area (Å²) in [5, 5.41) is 19.2. The van der Waals surface area contributed by atoms with Gasteiger partial charge in [0.05, 0.1) is 30.3 Å². The maximum absolute atomic E-state index is 13.4. The zero-order valence-corrected chi connectivity index (χ0v) is 18.2. The SMILES string of the molecule is O/N=C(\Nc1ccc(F)c(Cl)c1)c1ccnc2nc(CNCCCN3CCOCC3)[nH]c12. The highest BCUT2D eigenvalue weighted by molar-refractivity contribution is 6.31. The van der Waals surface area contributed by atoms with Gasteiger partial charge in [0.25, 0.3) is 0 Å². The van der Waals surface area contributed by atoms with E-state index in [9.17, 15) is 9.60 Å². The highest BCUT2D eigenvalue weighted by atomic mass is 35.5. The molecule has 0 saturated carbocycles. The van der Waals surface area contributed by atoms with Gasteiger partial charge in [0.1, 0.15) is 11.6 Å². The Labute approximate surface area is 189 Å². The first-order chi connectivity index (χ1) is 15.6. The lowest BCUT2D eigenvalue weighted by Crippen LogP contribution is -2.37. The van der Waals surface area contributed by atoms with E-state index in [0.29, 0.717) is 29.0 Å². The molecule has 3 heterocycles. The van der Waals surface area contributed by atoms with Crippen molar-refractivity contribution in [1.29, 1.82) is 0 Å². The van der Waals surface area contributed by atoms with E-state index >= 15 is 0 Å². The van der Waals surface area contributed by atoms with Gasteiger partial charge in [0.15, 0.2) is 11.5 Å². The van der Waals surface area contributed by atoms with Crippen LogP contribution in [0.3, 0.4) is 0 Å². The average Bonchev–Trinajstić information content (AvgIpc) is 3.23. The zero-order chi connectivity index (χ0) is 22.3. The van der Waals surface area contributed by atoms with E-state index in [2.05, 4.69) is 35.6 Å². The molecule has 32 heavy (non-hydrogen) atoms. The van der Waals surface area contributed by atoms with Crippen molar-refractivity contribution in [3.63, 3.8) is 0 Å². The summed E-state index contributed by atoms with van der Waals surface area (Å²) < 4.78 is 18.8. The Morgan fingerprint density at radius 1 is 1.31 bits per heavy atom. The predicted molar refractivity (Wildman–Crippen MR) is 121 cm³/mol. The number of H-pyrrole nitrogens is 1. The standard InChI is InChI=1S/C21H25ClFN7O2/c22-16-12-14(2-3-17(16)23)26-20(29-31)15-4-6-25-21-19(15)27-18(28-21)13-24-5-1-7-30-8-10-32-11-9-30/h2-4,6,12,24,31H,1,5,7-11,13H2,(H,26,29)(H,25,27,28). The Hall–Kier alpha value is -2.79. The Morgan fingerprint density at radius 3 is 2.94 bits per heavy atom. The molecule has 1 aliphatic rings. The van der Waals surface area contributed by atoms with Gasteiger partial charge in [-0.2, -0.15) is 0 Å². The number of pyridine rings is 1. The van der Waals surface area contributed by atoms with E-state index in [1.165, 1.54) is 18.2 Å². The molecule has 0 radical (unpaired) electrons. The van der Waals surface area contributed by atoms with Gasteiger partial charge >= 0.3 is 0 Å². The predicted octanol–water partition coefficient (Wildman–Crippen LogP) is 2.81. The van der Waals surface area contributed by atoms with Gasteiger partial charge in [0, 0.05) is 30.5 Å². The smallest absolute Gasteiger partial charge is 0.179 e. The van der Waals surface area contributed by atoms with E-state index < -0.39 is 5.82 Å². The number of amidine groups is 1. The zero-order valence-electron chi connectivity index (χ0n) is 17.4. The average molecular weight is 462 g/mol. The molecule has 11 heteroatoms. The van der Waals surface area contributed by atoms with Gasteiger partial charge in [-0.25, -0.2) is 14.4 Å². The number of oxime groups is 1. The molecule has 1 saturated heterocycles. The summed E-state index contributed by atoms with van der Waals surface area (Å²) in [6, 6.07) is 5.86. The Kier molecular flexibility index (Phi) is 7.48. The third kappa shape index (κ3) is 5.52. The molecule has 1 aromatic carbocycles. The lowest BCUT2D eigenvalue weighted by Gasteiger charge is -2.26. The third-order valence-corrected chi connectivity index (χ3v) is 5.49. The molecule has 0 unspecified atom stereocenters. The molecule has 4 N–H and O–H groups in total. The van der Waals surface area contributed by atoms with Crippen LogP contribution in [0.1, 0.15) is 17.8 Å². The Bertz CT molecular complexity index is 1090. The highest BCUT2D eigenvalue weighted by Gasteiger charge is 2.15. The minimum Gasteiger partial charge on any atom is -0.409 e. The van der Waals surface area contributed by atoms with Gasteiger partial charge in [-0.15, -0.1) is 0 Å². The van der Waals surface area contributed by atoms with E-state index in [1.807, 2.05) is 0 Å². The fourth-order valence-electron chi connectivity index (χ4n) is 3.56. The van der Waals surface area contributed by atoms with Crippen molar-refractivity contribution >= 4 is 34.3 Å². The number of hydrogen-bond donors (Lipinski definition) is 4. The summed E-state index contributed by atoms with van der Waals surface area (Å²) >= 11 is 5.84. The van der Waals surface area contributed by atoms with Gasteiger partial charge in [-0.05, 0) is 43.8 Å². The molecule has 170 valence electrons. The van der Waals surface area contributed by atoms with Crippen LogP contribution in [0, 0.1) is 5.82 Å². The monoisotopic (exact) mass is 461 g/mol. The van der Waals surface area contributed by atoms with Crippen LogP contribution < -0.4 is 10.6 Å². The summed E-state index contributed by atoms with van der Waals surface area (Å²) in [4.78, 5) is 14.5. The van der Waals surface area contributed by atoms with Crippen LogP contribution in [0.25, 0.3) is 11.2 Å². The lowest BCUT2D eigenvalue weighted by atomic mass is 10.2. The first kappa shape index (κ1) is 22.4. The van der Waals surface area contributed by atoms with Crippen LogP contribution in [-0.2, 0) is 11.3 Å². The quantitative estimate of drug-likeness (QED) is 0.134. The largest absolute Gasteiger partial charge is 0.409 e. The lowest BCUT2D eigenvalue weighted by molar-refractivity contribution is 0.0374. The summed E-state index contributed by atoms with van der Waals surface area (Å²) in [5.74, 6) is 0.365. The number of anilines is 1. The van der Waals surface area contributed by atoms with Crippen molar-refractivity contribution in [3.05, 3.63) is 52.7 Å². The van der Waals surface area contributed by atoms with E-state index in [1.54, 1.807) is 12.3 Å². The van der Waals surface area contributed by atoms with Crippen LogP contribution in [0.2, 0.25) is 5.02 Å². The maximum atomic E-state index is 13.4. The highest BCUT2D eigenvalue weighted by Crippen LogP contribution is 2.21. The Morgan fingerprint density at radius 2 is 2.16 bits per heavy atom. The van der Waals surface area contributed by atoms with Gasteiger partial charge in [-0.3, -0.25) is 4.90 Å². The summed E-state index contributed by atoms with van der Waals surface area (Å²) in [7, 11) is 0. The van der Waals surface area contributed by atoms with E-state index in [-0.39, 0.29) is 10.9 Å². The summed E-state index contributed by atoms with van der Waals surface area (Å²) in [5.41, 5.74) is 2.19. The number of rotatable bonds is 8. The first-order valence-electron chi connectivity index (χ1n) is 10.4. The summed E-state index contributed by atoms with van der Waals surface area (Å²) in [6.45, 7) is 6.07. The van der Waals surface area contributed by atoms with Crippen LogP contribution in [0.4, 0.5) is 10.1 Å². The van der Waals surface area contributed by atoms with Gasteiger partial charge in [-0.1, -0.05) is 16.8 Å². The topological polar surface area (TPSA) is 111 Å². The van der Waals surface area contributed by atoms with Gasteiger partial charge in [0.2, 0.25) is 0 Å². The number of imidazole rings is 1. The van der Waals surface area contributed by atoms with Crippen LogP contribution in [0.5, 0.6) is 0 Å². The number of benzene rings is 1. The normalized spacial score (nSPS) is 15.4. The van der Waals surface area contributed by atoms with E-state index in [4.69, 9.17) is 16.3 Å². The molecule has 0 spiro atoms. The van der Waals surface area contributed by atoms with Crippen molar-refractivity contribution in [2.45, 2.75) is 13.0 Å². The molecule has 1 aliphatic heterocycles. The number of hydrogen-bond acceptors (Lipinski definition) is 7. The second-order valence-electron chi connectivity index (χ2n) is 7.43. The van der Waals surface area contributed by atoms with E-state index in [0.717, 1.165) is 51.6 Å². The number of nitrogens with zero attached hydrogens (tertiary/aromatic N) is 4. The molecule has 2 aromatic heterocycles. The molecule has 1 fully saturated rings. The number of fused-ring (bicyclic) bond motifs is 1. The molecule has 0 aliphatic carbocycles. The molecule has 4 rings (SSSR count). The van der Waals surface area contributed by atoms with Crippen molar-refractivity contribution in [2.75, 3.05) is 44.7 Å². The molecular weight excluding hydrogens is 437 g/mol. The Balaban J connectivity index is 1.39. The third-order valence-electron chi connectivity index (χ3n) is 5.20. The van der Waals surface area contributed by atoms with Crippen molar-refractivity contribution in [1.82, 2.24) is 25.2 Å². The van der Waals surface area contributed by atoms with Crippen molar-refractivity contribution in [3.8, 4) is 0 Å². The first-order valence-corrected chi connectivity index (χ1v) is 10.8. The second kappa shape index (κ2) is 10.7. The minimum absolute atomic E-state index is 0.0318. The molecule has 0 amide bonds. The van der Waals surface area contributed by atoms with Crippen LogP contribution >= 0.6 is 11.6 Å². The summed E-state index contributed by atoms with van der Waals surface area (Å²) in [6.07, 6.45) is 2.62. The van der Waals surface area contributed by atoms with Gasteiger partial charge < -0.3 is 25.6 Å². The fraction of sp³-hybridized carbons (Fsp3) is 0.381. The minimum atomic E-state index is -0.526. The maximum Gasteiger partial charge on any atom is 0.179 e. The van der Waals surface area contributed by atoms with Crippen LogP contribution in [-0.4, -0.2) is 70.3 Å². The molecule has 0 bridgehead atoms. The fourth-order valence-corrected chi connectivity index (χ4v) is 3.74. The molecule has 3 aromatic rings. The number of nitrogens with one attached hydrogen (secondary N) is 3. The molecule has 9 nitrogen and oxygen atoms in total. The second-order valence-corrected chi connectivity index (χ2v) is 7.83. The number of ether oxygens (including phenoxy) is 1. The molecule has 0 atom stereocenters.